The van der Waals surface area contributed by atoms with Crippen LogP contribution in [0, 0.1) is 13.8 Å². The maximum atomic E-state index is 12.3. The second-order valence-corrected chi connectivity index (χ2v) is 7.64. The van der Waals surface area contributed by atoms with Gasteiger partial charge in [0.05, 0.1) is 5.69 Å². The fourth-order valence-corrected chi connectivity index (χ4v) is 3.55. The van der Waals surface area contributed by atoms with E-state index in [2.05, 4.69) is 0 Å². The molecule has 6 heteroatoms. The molecular weight excluding hydrogens is 350 g/mol. The minimum Gasteiger partial charge on any atom is -0.379 e. The van der Waals surface area contributed by atoms with Gasteiger partial charge in [0.2, 0.25) is 0 Å². The van der Waals surface area contributed by atoms with Gasteiger partial charge in [0.1, 0.15) is 10.6 Å². The number of nitrogens with zero attached hydrogens (tertiary/aromatic N) is 1. The number of benzene rings is 2. The Hall–Kier alpha value is -2.86. The van der Waals surface area contributed by atoms with Gasteiger partial charge in [-0.05, 0) is 55.8 Å². The van der Waals surface area contributed by atoms with Gasteiger partial charge in [-0.2, -0.15) is 8.42 Å². The summed E-state index contributed by atoms with van der Waals surface area (Å²) >= 11 is 0. The minimum absolute atomic E-state index is 0.116. The molecule has 0 unspecified atom stereocenters. The van der Waals surface area contributed by atoms with Gasteiger partial charge in [0, 0.05) is 12.2 Å². The normalized spacial score (nSPS) is 11.3. The fourth-order valence-electron chi connectivity index (χ4n) is 2.62. The summed E-state index contributed by atoms with van der Waals surface area (Å²) in [5, 5.41) is 0. The number of rotatable bonds is 6. The monoisotopic (exact) mass is 369 g/mol. The molecule has 3 rings (SSSR count). The lowest BCUT2D eigenvalue weighted by Gasteiger charge is -2.10. The van der Waals surface area contributed by atoms with E-state index in [9.17, 15) is 13.2 Å². The van der Waals surface area contributed by atoms with E-state index < -0.39 is 10.1 Å². The fraction of sp³-hybridized carbons (Fsp3) is 0.150. The quantitative estimate of drug-likeness (QED) is 0.490. The maximum Gasteiger partial charge on any atom is 0.339 e. The molecule has 0 aliphatic carbocycles. The van der Waals surface area contributed by atoms with Crippen molar-refractivity contribution in [3.8, 4) is 5.75 Å². The molecule has 2 aromatic carbocycles. The van der Waals surface area contributed by atoms with E-state index in [0.29, 0.717) is 12.2 Å². The molecular formula is C20H19NO4S. The van der Waals surface area contributed by atoms with Crippen molar-refractivity contribution < 1.29 is 17.4 Å². The number of aldehydes is 1. The van der Waals surface area contributed by atoms with Crippen LogP contribution in [0.3, 0.4) is 0 Å². The molecule has 1 aromatic heterocycles. The van der Waals surface area contributed by atoms with Crippen LogP contribution in [0.4, 0.5) is 0 Å². The van der Waals surface area contributed by atoms with Crippen LogP contribution in [0.25, 0.3) is 0 Å². The zero-order valence-corrected chi connectivity index (χ0v) is 15.4. The van der Waals surface area contributed by atoms with Gasteiger partial charge < -0.3 is 8.75 Å². The topological polar surface area (TPSA) is 65.4 Å². The summed E-state index contributed by atoms with van der Waals surface area (Å²) < 4.78 is 31.7. The van der Waals surface area contributed by atoms with Gasteiger partial charge in [-0.15, -0.1) is 0 Å². The third-order valence-corrected chi connectivity index (χ3v) is 5.39. The van der Waals surface area contributed by atoms with Crippen molar-refractivity contribution in [2.24, 2.45) is 0 Å². The molecule has 134 valence electrons. The summed E-state index contributed by atoms with van der Waals surface area (Å²) in [4.78, 5) is 11.2. The third-order valence-electron chi connectivity index (χ3n) is 4.13. The van der Waals surface area contributed by atoms with Crippen LogP contribution in [0.5, 0.6) is 5.75 Å². The average molecular weight is 369 g/mol. The summed E-state index contributed by atoms with van der Waals surface area (Å²) in [6.45, 7) is 4.34. The van der Waals surface area contributed by atoms with E-state index in [1.807, 2.05) is 24.5 Å². The van der Waals surface area contributed by atoms with Crippen LogP contribution in [0.15, 0.2) is 65.6 Å². The first-order valence-electron chi connectivity index (χ1n) is 8.10. The lowest BCUT2D eigenvalue weighted by Crippen LogP contribution is -2.10. The first-order chi connectivity index (χ1) is 12.4. The second-order valence-electron chi connectivity index (χ2n) is 6.10. The summed E-state index contributed by atoms with van der Waals surface area (Å²) in [6.07, 6.45) is 0.818. The van der Waals surface area contributed by atoms with E-state index in [-0.39, 0.29) is 10.6 Å². The van der Waals surface area contributed by atoms with Gasteiger partial charge >= 0.3 is 10.1 Å². The van der Waals surface area contributed by atoms with Crippen molar-refractivity contribution in [2.45, 2.75) is 25.3 Å². The summed E-state index contributed by atoms with van der Waals surface area (Å²) in [5.74, 6) is 0.245. The SMILES string of the molecule is Cc1ccc(S(=O)(=O)Oc2ccc(Cn3c(C)ccc3C=O)cc2)cc1. The predicted molar refractivity (Wildman–Crippen MR) is 99.1 cm³/mol. The Kier molecular flexibility index (Phi) is 4.95. The molecule has 0 aliphatic heterocycles. The molecule has 26 heavy (non-hydrogen) atoms. The van der Waals surface area contributed by atoms with E-state index in [1.54, 1.807) is 42.5 Å². The Morgan fingerprint density at radius 1 is 0.923 bits per heavy atom. The maximum absolute atomic E-state index is 12.3. The number of hydrogen-bond donors (Lipinski definition) is 0. The number of carbonyl (C=O) groups is 1. The Labute approximate surface area is 153 Å². The van der Waals surface area contributed by atoms with E-state index in [4.69, 9.17) is 4.18 Å². The van der Waals surface area contributed by atoms with Crippen molar-refractivity contribution in [3.63, 3.8) is 0 Å². The molecule has 0 atom stereocenters. The lowest BCUT2D eigenvalue weighted by molar-refractivity contribution is 0.111. The first-order valence-corrected chi connectivity index (χ1v) is 9.51. The number of hydrogen-bond acceptors (Lipinski definition) is 4. The van der Waals surface area contributed by atoms with Gasteiger partial charge in [-0.3, -0.25) is 4.79 Å². The minimum atomic E-state index is -3.86. The molecule has 0 radical (unpaired) electrons. The van der Waals surface area contributed by atoms with Crippen LogP contribution < -0.4 is 4.18 Å². The highest BCUT2D eigenvalue weighted by atomic mass is 32.2. The molecule has 5 nitrogen and oxygen atoms in total. The standard InChI is InChI=1S/C20H19NO4S/c1-15-3-11-20(12-4-15)26(23,24)25-19-9-6-17(7-10-19)13-21-16(2)5-8-18(21)14-22/h3-12,14H,13H2,1-2H3. The molecule has 0 amide bonds. The predicted octanol–water partition coefficient (Wildman–Crippen LogP) is 3.73. The summed E-state index contributed by atoms with van der Waals surface area (Å²) in [6, 6.07) is 16.9. The summed E-state index contributed by atoms with van der Waals surface area (Å²) in [7, 11) is -3.86. The van der Waals surface area contributed by atoms with Crippen LogP contribution >= 0.6 is 0 Å². The average Bonchev–Trinajstić information content (AvgIpc) is 2.97. The van der Waals surface area contributed by atoms with Crippen LogP contribution in [0.1, 0.15) is 27.3 Å². The van der Waals surface area contributed by atoms with Gasteiger partial charge in [0.15, 0.2) is 6.29 Å². The van der Waals surface area contributed by atoms with E-state index in [0.717, 1.165) is 23.1 Å². The smallest absolute Gasteiger partial charge is 0.339 e. The van der Waals surface area contributed by atoms with Gasteiger partial charge in [-0.1, -0.05) is 29.8 Å². The number of carbonyl (C=O) groups excluding carboxylic acids is 1. The van der Waals surface area contributed by atoms with Crippen molar-refractivity contribution in [3.05, 3.63) is 83.2 Å². The molecule has 0 spiro atoms. The molecule has 0 N–H and O–H groups in total. The second kappa shape index (κ2) is 7.17. The Balaban J connectivity index is 1.76. The lowest BCUT2D eigenvalue weighted by atomic mass is 10.2. The molecule has 0 saturated carbocycles. The number of aromatic nitrogens is 1. The zero-order chi connectivity index (χ0) is 18.7. The molecule has 0 fully saturated rings. The Bertz CT molecular complexity index is 1020. The zero-order valence-electron chi connectivity index (χ0n) is 14.5. The number of aryl methyl sites for hydroxylation is 2. The van der Waals surface area contributed by atoms with Crippen molar-refractivity contribution in [1.29, 1.82) is 0 Å². The molecule has 1 heterocycles. The highest BCUT2D eigenvalue weighted by Crippen LogP contribution is 2.20. The highest BCUT2D eigenvalue weighted by molar-refractivity contribution is 7.87. The molecule has 3 aromatic rings. The first kappa shape index (κ1) is 17.9. The van der Waals surface area contributed by atoms with E-state index in [1.165, 1.54) is 12.1 Å². The van der Waals surface area contributed by atoms with Gasteiger partial charge in [-0.25, -0.2) is 0 Å². The van der Waals surface area contributed by atoms with Crippen molar-refractivity contribution >= 4 is 16.4 Å². The molecule has 0 bridgehead atoms. The van der Waals surface area contributed by atoms with Crippen LogP contribution in [-0.2, 0) is 16.7 Å². The largest absolute Gasteiger partial charge is 0.379 e. The van der Waals surface area contributed by atoms with Crippen LogP contribution in [-0.4, -0.2) is 19.3 Å². The molecule has 0 saturated heterocycles. The van der Waals surface area contributed by atoms with Crippen molar-refractivity contribution in [1.82, 2.24) is 4.57 Å². The van der Waals surface area contributed by atoms with Gasteiger partial charge in [0.25, 0.3) is 0 Å². The molecule has 0 aliphatic rings. The summed E-state index contributed by atoms with van der Waals surface area (Å²) in [5.41, 5.74) is 3.50. The Morgan fingerprint density at radius 3 is 2.19 bits per heavy atom. The third kappa shape index (κ3) is 3.86. The van der Waals surface area contributed by atoms with E-state index >= 15 is 0 Å². The highest BCUT2D eigenvalue weighted by Gasteiger charge is 2.16. The van der Waals surface area contributed by atoms with Crippen LogP contribution in [0.2, 0.25) is 0 Å². The van der Waals surface area contributed by atoms with Crippen molar-refractivity contribution in [2.75, 3.05) is 0 Å². The Morgan fingerprint density at radius 2 is 1.58 bits per heavy atom.